The molecule has 3 aromatic rings. The topological polar surface area (TPSA) is 33.2 Å². The lowest BCUT2D eigenvalue weighted by molar-refractivity contribution is -0.134. The number of hydrogen-bond donors (Lipinski definition) is 0. The first kappa shape index (κ1) is 16.5. The van der Waals surface area contributed by atoms with Crippen LogP contribution in [0.25, 0.3) is 0 Å². The van der Waals surface area contributed by atoms with Crippen molar-refractivity contribution >= 4 is 5.91 Å². The minimum Gasteiger partial charge on any atom is -0.331 e. The van der Waals surface area contributed by atoms with Crippen LogP contribution in [-0.4, -0.2) is 15.8 Å². The molecule has 0 N–H and O–H groups in total. The summed E-state index contributed by atoms with van der Waals surface area (Å²) in [6, 6.07) is 24.8. The highest BCUT2D eigenvalue weighted by Crippen LogP contribution is 2.33. The highest BCUT2D eigenvalue weighted by Gasteiger charge is 2.30. The van der Waals surface area contributed by atoms with E-state index in [1.54, 1.807) is 6.20 Å². The molecule has 0 fully saturated rings. The van der Waals surface area contributed by atoms with E-state index in [9.17, 15) is 4.79 Å². The summed E-state index contributed by atoms with van der Waals surface area (Å²) < 4.78 is 0. The Bertz CT molecular complexity index is 877. The third kappa shape index (κ3) is 3.52. The molecule has 1 aliphatic heterocycles. The van der Waals surface area contributed by atoms with Gasteiger partial charge in [0, 0.05) is 24.9 Å². The molecule has 0 saturated heterocycles. The largest absolute Gasteiger partial charge is 0.331 e. The monoisotopic (exact) mass is 342 g/mol. The van der Waals surface area contributed by atoms with Crippen LogP contribution in [0, 0.1) is 0 Å². The fraction of sp³-hybridized carbons (Fsp3) is 0.217. The molecular weight excluding hydrogens is 320 g/mol. The van der Waals surface area contributed by atoms with E-state index < -0.39 is 0 Å². The highest BCUT2D eigenvalue weighted by molar-refractivity contribution is 5.77. The van der Waals surface area contributed by atoms with Gasteiger partial charge in [0.2, 0.25) is 5.91 Å². The van der Waals surface area contributed by atoms with E-state index in [0.717, 1.165) is 12.1 Å². The predicted octanol–water partition coefficient (Wildman–Crippen LogP) is 4.34. The minimum absolute atomic E-state index is 0.0994. The number of amides is 1. The Morgan fingerprint density at radius 3 is 2.42 bits per heavy atom. The Morgan fingerprint density at radius 2 is 1.65 bits per heavy atom. The molecule has 3 nitrogen and oxygen atoms in total. The number of rotatable bonds is 4. The summed E-state index contributed by atoms with van der Waals surface area (Å²) >= 11 is 0. The maximum atomic E-state index is 13.1. The number of aryl methyl sites for hydroxylation is 1. The van der Waals surface area contributed by atoms with E-state index in [1.807, 2.05) is 41.3 Å². The third-order valence-corrected chi connectivity index (χ3v) is 5.07. The molecule has 1 unspecified atom stereocenters. The van der Waals surface area contributed by atoms with Gasteiger partial charge in [-0.3, -0.25) is 9.78 Å². The third-order valence-electron chi connectivity index (χ3n) is 5.07. The van der Waals surface area contributed by atoms with Crippen LogP contribution in [0.3, 0.4) is 0 Å². The maximum Gasteiger partial charge on any atom is 0.223 e. The zero-order valence-corrected chi connectivity index (χ0v) is 14.7. The van der Waals surface area contributed by atoms with Crippen molar-refractivity contribution in [2.24, 2.45) is 0 Å². The molecule has 1 amide bonds. The smallest absolute Gasteiger partial charge is 0.223 e. The lowest BCUT2D eigenvalue weighted by Gasteiger charge is -2.37. The molecule has 4 rings (SSSR count). The molecule has 130 valence electrons. The summed E-state index contributed by atoms with van der Waals surface area (Å²) in [7, 11) is 0. The number of pyridine rings is 1. The van der Waals surface area contributed by atoms with Crippen LogP contribution in [-0.2, 0) is 24.2 Å². The Hall–Kier alpha value is -2.94. The summed E-state index contributed by atoms with van der Waals surface area (Å²) in [5.74, 6) is 0.194. The SMILES string of the molecule is O=C(CCc1ccccn1)N1Cc2ccccc2CC1c1ccccc1. The maximum absolute atomic E-state index is 13.1. The van der Waals surface area contributed by atoms with Gasteiger partial charge in [-0.05, 0) is 41.7 Å². The van der Waals surface area contributed by atoms with Gasteiger partial charge in [-0.25, -0.2) is 0 Å². The van der Waals surface area contributed by atoms with Gasteiger partial charge >= 0.3 is 0 Å². The average molecular weight is 342 g/mol. The summed E-state index contributed by atoms with van der Waals surface area (Å²) in [4.78, 5) is 19.4. The minimum atomic E-state index is 0.0994. The molecule has 1 atom stereocenters. The van der Waals surface area contributed by atoms with Crippen molar-refractivity contribution in [3.8, 4) is 0 Å². The van der Waals surface area contributed by atoms with Crippen molar-refractivity contribution in [3.05, 3.63) is 101 Å². The van der Waals surface area contributed by atoms with E-state index in [0.29, 0.717) is 19.4 Å². The summed E-state index contributed by atoms with van der Waals surface area (Å²) in [5, 5.41) is 0. The zero-order valence-electron chi connectivity index (χ0n) is 14.7. The van der Waals surface area contributed by atoms with Gasteiger partial charge in [-0.15, -0.1) is 0 Å². The van der Waals surface area contributed by atoms with Gasteiger partial charge < -0.3 is 4.90 Å². The fourth-order valence-electron chi connectivity index (χ4n) is 3.68. The van der Waals surface area contributed by atoms with Crippen LogP contribution in [0.2, 0.25) is 0 Å². The summed E-state index contributed by atoms with van der Waals surface area (Å²) in [5.41, 5.74) is 4.77. The van der Waals surface area contributed by atoms with Crippen LogP contribution in [0.15, 0.2) is 79.0 Å². The van der Waals surface area contributed by atoms with E-state index in [-0.39, 0.29) is 11.9 Å². The van der Waals surface area contributed by atoms with Crippen LogP contribution >= 0.6 is 0 Å². The van der Waals surface area contributed by atoms with Gasteiger partial charge in [-0.2, -0.15) is 0 Å². The van der Waals surface area contributed by atoms with E-state index in [2.05, 4.69) is 41.4 Å². The normalized spacial score (nSPS) is 16.2. The van der Waals surface area contributed by atoms with Gasteiger partial charge in [0.15, 0.2) is 0 Å². The van der Waals surface area contributed by atoms with Crippen LogP contribution in [0.1, 0.15) is 34.8 Å². The number of carbonyl (C=O) groups excluding carboxylic acids is 1. The number of fused-ring (bicyclic) bond motifs is 1. The van der Waals surface area contributed by atoms with E-state index in [1.165, 1.54) is 16.7 Å². The molecule has 0 aliphatic carbocycles. The van der Waals surface area contributed by atoms with Gasteiger partial charge in [0.25, 0.3) is 0 Å². The number of benzene rings is 2. The number of aromatic nitrogens is 1. The second kappa shape index (κ2) is 7.52. The molecule has 1 aliphatic rings. The molecule has 3 heteroatoms. The summed E-state index contributed by atoms with van der Waals surface area (Å²) in [6.45, 7) is 0.677. The zero-order chi connectivity index (χ0) is 17.8. The van der Waals surface area contributed by atoms with Crippen LogP contribution in [0.4, 0.5) is 0 Å². The van der Waals surface area contributed by atoms with E-state index in [4.69, 9.17) is 0 Å². The van der Waals surface area contributed by atoms with Gasteiger partial charge in [0.1, 0.15) is 0 Å². The van der Waals surface area contributed by atoms with Crippen LogP contribution < -0.4 is 0 Å². The van der Waals surface area contributed by atoms with Crippen molar-refractivity contribution in [2.45, 2.75) is 31.8 Å². The van der Waals surface area contributed by atoms with Crippen molar-refractivity contribution in [1.82, 2.24) is 9.88 Å². The Labute approximate surface area is 154 Å². The van der Waals surface area contributed by atoms with Crippen molar-refractivity contribution in [2.75, 3.05) is 0 Å². The Kier molecular flexibility index (Phi) is 4.78. The Morgan fingerprint density at radius 1 is 0.923 bits per heavy atom. The molecular formula is C23H22N2O. The second-order valence-corrected chi connectivity index (χ2v) is 6.74. The van der Waals surface area contributed by atoms with Crippen molar-refractivity contribution in [3.63, 3.8) is 0 Å². The quantitative estimate of drug-likeness (QED) is 0.706. The summed E-state index contributed by atoms with van der Waals surface area (Å²) in [6.07, 6.45) is 3.82. The van der Waals surface area contributed by atoms with Crippen LogP contribution in [0.5, 0.6) is 0 Å². The standard InChI is InChI=1S/C23H22N2O/c26-23(14-13-21-12-6-7-15-24-21)25-17-20-11-5-4-10-19(20)16-22(25)18-8-2-1-3-9-18/h1-12,15,22H,13-14,16-17H2. The Balaban J connectivity index is 1.57. The molecule has 0 saturated carbocycles. The molecule has 0 bridgehead atoms. The van der Waals surface area contributed by atoms with Crippen molar-refractivity contribution in [1.29, 1.82) is 0 Å². The lowest BCUT2D eigenvalue weighted by Crippen LogP contribution is -2.39. The first-order valence-electron chi connectivity index (χ1n) is 9.12. The average Bonchev–Trinajstić information content (AvgIpc) is 2.72. The van der Waals surface area contributed by atoms with Gasteiger partial charge in [0.05, 0.1) is 6.04 Å². The number of nitrogens with zero attached hydrogens (tertiary/aromatic N) is 2. The second-order valence-electron chi connectivity index (χ2n) is 6.74. The molecule has 0 radical (unpaired) electrons. The van der Waals surface area contributed by atoms with Gasteiger partial charge in [-0.1, -0.05) is 60.7 Å². The predicted molar refractivity (Wildman–Crippen MR) is 102 cm³/mol. The molecule has 2 aromatic carbocycles. The first-order valence-corrected chi connectivity index (χ1v) is 9.12. The number of hydrogen-bond acceptors (Lipinski definition) is 2. The lowest BCUT2D eigenvalue weighted by atomic mass is 9.89. The first-order chi connectivity index (χ1) is 12.8. The van der Waals surface area contributed by atoms with Crippen molar-refractivity contribution < 1.29 is 4.79 Å². The molecule has 26 heavy (non-hydrogen) atoms. The number of carbonyl (C=O) groups is 1. The fourth-order valence-corrected chi connectivity index (χ4v) is 3.68. The molecule has 1 aromatic heterocycles. The van der Waals surface area contributed by atoms with E-state index >= 15 is 0 Å². The molecule has 2 heterocycles. The molecule has 0 spiro atoms. The highest BCUT2D eigenvalue weighted by atomic mass is 16.2.